The molecule has 4 nitrogen and oxygen atoms in total. The second kappa shape index (κ2) is 4.76. The third kappa shape index (κ3) is 2.58. The number of thiazole rings is 1. The minimum absolute atomic E-state index is 0.323. The highest BCUT2D eigenvalue weighted by Crippen LogP contribution is 2.23. The second-order valence-corrected chi connectivity index (χ2v) is 3.94. The zero-order valence-electron chi connectivity index (χ0n) is 8.29. The van der Waals surface area contributed by atoms with Crippen molar-refractivity contribution in [2.45, 2.75) is 0 Å². The molecule has 1 aromatic carbocycles. The van der Waals surface area contributed by atoms with Gasteiger partial charge in [-0.05, 0) is 24.3 Å². The lowest BCUT2D eigenvalue weighted by Crippen LogP contribution is -2.09. The summed E-state index contributed by atoms with van der Waals surface area (Å²) in [7, 11) is 0. The molecule has 5 heteroatoms. The number of carboxylic acid groups (broad SMARTS) is 1. The molecule has 0 saturated heterocycles. The zero-order valence-corrected chi connectivity index (χ0v) is 9.11. The van der Waals surface area contributed by atoms with Crippen molar-refractivity contribution < 1.29 is 14.6 Å². The fourth-order valence-corrected chi connectivity index (χ4v) is 1.85. The topological polar surface area (TPSA) is 59.4 Å². The summed E-state index contributed by atoms with van der Waals surface area (Å²) in [6, 6.07) is 7.19. The van der Waals surface area contributed by atoms with E-state index in [9.17, 15) is 4.79 Å². The monoisotopic (exact) mass is 235 g/mol. The molecule has 82 valence electrons. The molecule has 0 bridgehead atoms. The van der Waals surface area contributed by atoms with Gasteiger partial charge in [0.15, 0.2) is 6.61 Å². The number of hydrogen-bond donors (Lipinski definition) is 1. The first kappa shape index (κ1) is 10.6. The van der Waals surface area contributed by atoms with Crippen molar-refractivity contribution in [1.82, 2.24) is 4.98 Å². The minimum Gasteiger partial charge on any atom is -0.482 e. The molecular weight excluding hydrogens is 226 g/mol. The van der Waals surface area contributed by atoms with E-state index in [1.165, 1.54) is 0 Å². The van der Waals surface area contributed by atoms with Crippen molar-refractivity contribution in [3.8, 4) is 16.3 Å². The van der Waals surface area contributed by atoms with Gasteiger partial charge in [0.25, 0.3) is 0 Å². The van der Waals surface area contributed by atoms with Crippen molar-refractivity contribution in [1.29, 1.82) is 0 Å². The molecule has 2 aromatic rings. The second-order valence-electron chi connectivity index (χ2n) is 3.04. The maximum Gasteiger partial charge on any atom is 0.341 e. The van der Waals surface area contributed by atoms with Gasteiger partial charge in [-0.3, -0.25) is 0 Å². The van der Waals surface area contributed by atoms with Crippen LogP contribution in [0.4, 0.5) is 0 Å². The van der Waals surface area contributed by atoms with Gasteiger partial charge in [0, 0.05) is 17.1 Å². The van der Waals surface area contributed by atoms with E-state index in [-0.39, 0.29) is 6.61 Å². The van der Waals surface area contributed by atoms with Gasteiger partial charge < -0.3 is 9.84 Å². The molecule has 0 unspecified atom stereocenters. The van der Waals surface area contributed by atoms with Crippen LogP contribution in [0.3, 0.4) is 0 Å². The van der Waals surface area contributed by atoms with Crippen LogP contribution in [0.15, 0.2) is 35.8 Å². The van der Waals surface area contributed by atoms with Crippen molar-refractivity contribution in [2.24, 2.45) is 0 Å². The molecule has 0 atom stereocenters. The number of carbonyl (C=O) groups is 1. The molecule has 0 saturated carbocycles. The summed E-state index contributed by atoms with van der Waals surface area (Å²) in [5.74, 6) is -0.438. The Bertz CT molecular complexity index is 464. The molecular formula is C11H9NO3S. The minimum atomic E-state index is -0.982. The lowest BCUT2D eigenvalue weighted by molar-refractivity contribution is -0.139. The highest BCUT2D eigenvalue weighted by molar-refractivity contribution is 7.13. The molecule has 0 spiro atoms. The first-order chi connectivity index (χ1) is 7.75. The summed E-state index contributed by atoms with van der Waals surface area (Å²) in [5.41, 5.74) is 0.998. The van der Waals surface area contributed by atoms with Crippen LogP contribution in [0, 0.1) is 0 Å². The van der Waals surface area contributed by atoms with Gasteiger partial charge in [0.05, 0.1) is 0 Å². The van der Waals surface area contributed by atoms with E-state index >= 15 is 0 Å². The molecule has 1 heterocycles. The number of hydrogen-bond acceptors (Lipinski definition) is 4. The quantitative estimate of drug-likeness (QED) is 0.883. The molecule has 0 aliphatic rings. The molecule has 0 fully saturated rings. The van der Waals surface area contributed by atoms with E-state index in [4.69, 9.17) is 9.84 Å². The van der Waals surface area contributed by atoms with Gasteiger partial charge in [0.1, 0.15) is 10.8 Å². The van der Waals surface area contributed by atoms with Crippen LogP contribution in [0.1, 0.15) is 0 Å². The molecule has 0 aliphatic carbocycles. The number of ether oxygens (including phenoxy) is 1. The van der Waals surface area contributed by atoms with Crippen LogP contribution in [0.5, 0.6) is 5.75 Å². The predicted octanol–water partition coefficient (Wildman–Crippen LogP) is 2.27. The van der Waals surface area contributed by atoms with Crippen LogP contribution < -0.4 is 4.74 Å². The standard InChI is InChI=1S/C11H9NO3S/c13-10(14)7-15-9-3-1-8(2-4-9)11-12-5-6-16-11/h1-6H,7H2,(H,13,14). The summed E-state index contributed by atoms with van der Waals surface area (Å²) in [4.78, 5) is 14.5. The largest absolute Gasteiger partial charge is 0.482 e. The molecule has 16 heavy (non-hydrogen) atoms. The van der Waals surface area contributed by atoms with Gasteiger partial charge in [-0.25, -0.2) is 9.78 Å². The third-order valence-electron chi connectivity index (χ3n) is 1.90. The number of aromatic nitrogens is 1. The molecule has 1 N–H and O–H groups in total. The average molecular weight is 235 g/mol. The first-order valence-corrected chi connectivity index (χ1v) is 5.48. The Morgan fingerprint density at radius 3 is 2.69 bits per heavy atom. The highest BCUT2D eigenvalue weighted by atomic mass is 32.1. The molecule has 2 rings (SSSR count). The summed E-state index contributed by atoms with van der Waals surface area (Å²) in [6.45, 7) is -0.323. The Labute approximate surface area is 96.1 Å². The summed E-state index contributed by atoms with van der Waals surface area (Å²) < 4.78 is 5.02. The average Bonchev–Trinajstić information content (AvgIpc) is 2.80. The van der Waals surface area contributed by atoms with Crippen molar-refractivity contribution >= 4 is 17.3 Å². The lowest BCUT2D eigenvalue weighted by Gasteiger charge is -2.03. The maximum absolute atomic E-state index is 10.3. The predicted molar refractivity (Wildman–Crippen MR) is 60.7 cm³/mol. The van der Waals surface area contributed by atoms with Crippen molar-refractivity contribution in [2.75, 3.05) is 6.61 Å². The van der Waals surface area contributed by atoms with Crippen LogP contribution in [-0.2, 0) is 4.79 Å². The fraction of sp³-hybridized carbons (Fsp3) is 0.0909. The molecule has 0 radical (unpaired) electrons. The fourth-order valence-electron chi connectivity index (χ4n) is 1.20. The Morgan fingerprint density at radius 1 is 1.38 bits per heavy atom. The third-order valence-corrected chi connectivity index (χ3v) is 2.72. The highest BCUT2D eigenvalue weighted by Gasteiger charge is 2.02. The summed E-state index contributed by atoms with van der Waals surface area (Å²) in [5, 5.41) is 11.3. The number of carboxylic acids is 1. The normalized spacial score (nSPS) is 10.0. The molecule has 0 aliphatic heterocycles. The number of nitrogens with zero attached hydrogens (tertiary/aromatic N) is 1. The number of benzene rings is 1. The van der Waals surface area contributed by atoms with Crippen molar-refractivity contribution in [3.05, 3.63) is 35.8 Å². The number of rotatable bonds is 4. The van der Waals surface area contributed by atoms with Crippen LogP contribution in [0.2, 0.25) is 0 Å². The van der Waals surface area contributed by atoms with Gasteiger partial charge in [-0.15, -0.1) is 11.3 Å². The van der Waals surface area contributed by atoms with E-state index in [2.05, 4.69) is 4.98 Å². The Morgan fingerprint density at radius 2 is 2.12 bits per heavy atom. The summed E-state index contributed by atoms with van der Waals surface area (Å²) in [6.07, 6.45) is 1.74. The Kier molecular flexibility index (Phi) is 3.16. The number of aliphatic carboxylic acids is 1. The lowest BCUT2D eigenvalue weighted by atomic mass is 10.2. The van der Waals surface area contributed by atoms with Crippen LogP contribution >= 0.6 is 11.3 Å². The molecule has 0 amide bonds. The van der Waals surface area contributed by atoms with E-state index in [1.54, 1.807) is 29.7 Å². The summed E-state index contributed by atoms with van der Waals surface area (Å²) >= 11 is 1.55. The molecule has 1 aromatic heterocycles. The SMILES string of the molecule is O=C(O)COc1ccc(-c2nccs2)cc1. The van der Waals surface area contributed by atoms with Crippen LogP contribution in [0.25, 0.3) is 10.6 Å². The van der Waals surface area contributed by atoms with Gasteiger partial charge in [-0.1, -0.05) is 0 Å². The van der Waals surface area contributed by atoms with Gasteiger partial charge in [0.2, 0.25) is 0 Å². The van der Waals surface area contributed by atoms with E-state index in [0.29, 0.717) is 5.75 Å². The van der Waals surface area contributed by atoms with Crippen LogP contribution in [-0.4, -0.2) is 22.7 Å². The van der Waals surface area contributed by atoms with E-state index < -0.39 is 5.97 Å². The first-order valence-electron chi connectivity index (χ1n) is 4.60. The zero-order chi connectivity index (χ0) is 11.4. The smallest absolute Gasteiger partial charge is 0.341 e. The van der Waals surface area contributed by atoms with E-state index in [0.717, 1.165) is 10.6 Å². The maximum atomic E-state index is 10.3. The van der Waals surface area contributed by atoms with Gasteiger partial charge in [-0.2, -0.15) is 0 Å². The Hall–Kier alpha value is -1.88. The Balaban J connectivity index is 2.08. The van der Waals surface area contributed by atoms with Gasteiger partial charge >= 0.3 is 5.97 Å². The van der Waals surface area contributed by atoms with Crippen molar-refractivity contribution in [3.63, 3.8) is 0 Å². The van der Waals surface area contributed by atoms with E-state index in [1.807, 2.05) is 17.5 Å².